The van der Waals surface area contributed by atoms with Crippen molar-refractivity contribution in [3.63, 3.8) is 0 Å². The van der Waals surface area contributed by atoms with Crippen molar-refractivity contribution in [2.24, 2.45) is 0 Å². The number of allylic oxidation sites excluding steroid dienone is 2. The number of ether oxygens (including phenoxy) is 8. The minimum atomic E-state index is -4.87. The summed E-state index contributed by atoms with van der Waals surface area (Å²) in [4.78, 5) is 81.4. The number of amides is 4. The molecule has 9 heterocycles. The molecule has 5 aliphatic heterocycles. The molecule has 5 aliphatic rings. The first kappa shape index (κ1) is 79.5. The summed E-state index contributed by atoms with van der Waals surface area (Å²) in [7, 11) is 3.27. The highest BCUT2D eigenvalue weighted by molar-refractivity contribution is 7.10. The van der Waals surface area contributed by atoms with Crippen molar-refractivity contribution < 1.29 is 70.2 Å². The summed E-state index contributed by atoms with van der Waals surface area (Å²) >= 11 is 3.04. The Bertz CT molecular complexity index is 3850. The highest BCUT2D eigenvalue weighted by atomic mass is 32.1. The van der Waals surface area contributed by atoms with Crippen LogP contribution in [0.4, 0.5) is 24.5 Å². The molecule has 25 heteroatoms. The molecular formula is C79H101F3N8O12S2. The second-order valence-electron chi connectivity index (χ2n) is 26.2. The fourth-order valence-electron chi connectivity index (χ4n) is 14.3. The topological polar surface area (TPSA) is 187 Å². The number of rotatable bonds is 25. The third-order valence-corrected chi connectivity index (χ3v) is 21.0. The van der Waals surface area contributed by atoms with Crippen LogP contribution in [0.2, 0.25) is 0 Å². The predicted octanol–water partition coefficient (Wildman–Crippen LogP) is 14.3. The van der Waals surface area contributed by atoms with Crippen LogP contribution in [0, 0.1) is 20.8 Å². The van der Waals surface area contributed by atoms with Gasteiger partial charge in [-0.3, -0.25) is 19.2 Å². The van der Waals surface area contributed by atoms with Crippen LogP contribution in [0.5, 0.6) is 34.8 Å². The number of carbonyl (C=O) groups is 4. The van der Waals surface area contributed by atoms with Crippen LogP contribution in [-0.2, 0) is 25.2 Å². The van der Waals surface area contributed by atoms with Gasteiger partial charge in [-0.25, -0.2) is 9.97 Å². The molecule has 0 saturated carbocycles. The fourth-order valence-corrected chi connectivity index (χ4v) is 15.5. The molecule has 11 rings (SSSR count). The van der Waals surface area contributed by atoms with E-state index in [1.807, 2.05) is 96.6 Å². The number of halogens is 3. The Balaban J connectivity index is 0.000000240. The van der Waals surface area contributed by atoms with Crippen molar-refractivity contribution in [3.05, 3.63) is 165 Å². The van der Waals surface area contributed by atoms with E-state index in [-0.39, 0.29) is 51.1 Å². The lowest BCUT2D eigenvalue weighted by atomic mass is 9.80. The standard InChI is InChI=1S/C40H49F3N4O6S.C38H48N4O6S.CH4/c1-5-7-8-11-24-52-36-35(31(16-18-44-36)40(41,42)43)37(48)47-19-12-17-39(34(47)13-6-2,53-30-27-29(3)54-28-30)38(49)46-22-20-45(21-23-46)32-14-9-10-15-33(32)51-26-25-50-4;1-28-15-17-39-35-34(28)36(43)42-18-11-16-38(48-30-26-29(2)49-27-30,33(42)14-7-5-4-6-10-23-47-35)37(44)41-21-19-40(20-22-41)31-12-8-9-13-32(31)46-25-24-45-3;/h5-6,9-10,14-16,18,27-28,34H,1-2,7-8,11-13,17,19-26H2,3-4H3;5,7-9,12-13,15,17,26-27,33H,4,6,10-11,14,16,18-25H2,1-3H3;1H4/b;7-5+;/t34-,39+;33-,38+;/m11./s1. The Kier molecular flexibility index (Phi) is 28.9. The molecule has 4 amide bonds. The summed E-state index contributed by atoms with van der Waals surface area (Å²) in [5.74, 6) is 1.09. The number of benzene rings is 2. The number of para-hydroxylation sites is 4. The van der Waals surface area contributed by atoms with Crippen molar-refractivity contribution >= 4 is 57.7 Å². The number of alkyl halides is 3. The van der Waals surface area contributed by atoms with E-state index < -0.39 is 52.4 Å². The molecule has 562 valence electrons. The molecule has 0 spiro atoms. The maximum atomic E-state index is 15.1. The molecule has 4 aromatic heterocycles. The van der Waals surface area contributed by atoms with Gasteiger partial charge in [-0.1, -0.05) is 56.0 Å². The van der Waals surface area contributed by atoms with Gasteiger partial charge in [0.2, 0.25) is 23.0 Å². The number of pyridine rings is 2. The third kappa shape index (κ3) is 19.1. The maximum absolute atomic E-state index is 15.1. The van der Waals surface area contributed by atoms with Gasteiger partial charge in [-0.15, -0.1) is 35.8 Å². The van der Waals surface area contributed by atoms with E-state index in [2.05, 4.69) is 51.1 Å². The zero-order valence-corrected chi connectivity index (χ0v) is 61.5. The second-order valence-corrected chi connectivity index (χ2v) is 28.5. The number of aryl methyl sites for hydroxylation is 3. The number of likely N-dealkylation sites (tertiary alicyclic amines) is 1. The van der Waals surface area contributed by atoms with Gasteiger partial charge >= 0.3 is 6.18 Å². The van der Waals surface area contributed by atoms with Gasteiger partial charge in [-0.2, -0.15) is 13.2 Å². The number of hydrogen-bond acceptors (Lipinski definition) is 18. The van der Waals surface area contributed by atoms with Gasteiger partial charge in [0.15, 0.2) is 0 Å². The molecule has 4 fully saturated rings. The van der Waals surface area contributed by atoms with Crippen molar-refractivity contribution in [1.29, 1.82) is 0 Å². The zero-order valence-electron chi connectivity index (χ0n) is 59.8. The molecule has 6 aromatic rings. The Morgan fingerprint density at radius 2 is 1.24 bits per heavy atom. The number of hydrogen-bond donors (Lipinski definition) is 0. The Morgan fingerprint density at radius 1 is 0.663 bits per heavy atom. The largest absolute Gasteiger partial charge is 0.489 e. The quantitative estimate of drug-likeness (QED) is 0.0389. The number of fused-ring (bicyclic) bond motifs is 2. The average Bonchev–Trinajstić information content (AvgIpc) is 0.916. The van der Waals surface area contributed by atoms with Crippen LogP contribution in [-0.4, -0.2) is 196 Å². The number of piperidine rings is 2. The van der Waals surface area contributed by atoms with Gasteiger partial charge in [0, 0.05) is 125 Å². The van der Waals surface area contributed by atoms with Gasteiger partial charge in [0.1, 0.15) is 47.3 Å². The predicted molar refractivity (Wildman–Crippen MR) is 401 cm³/mol. The molecule has 0 aliphatic carbocycles. The summed E-state index contributed by atoms with van der Waals surface area (Å²) < 4.78 is 91.6. The number of carbonyl (C=O) groups excluding carboxylic acids is 4. The lowest BCUT2D eigenvalue weighted by Crippen LogP contribution is -2.69. The number of piperazine rings is 2. The van der Waals surface area contributed by atoms with E-state index in [0.29, 0.717) is 166 Å². The normalized spacial score (nSPS) is 20.4. The van der Waals surface area contributed by atoms with E-state index in [9.17, 15) is 22.8 Å². The highest BCUT2D eigenvalue weighted by Crippen LogP contribution is 2.44. The second kappa shape index (κ2) is 37.9. The molecule has 20 nitrogen and oxygen atoms in total. The monoisotopic (exact) mass is 1470 g/mol. The molecule has 0 N–H and O–H groups in total. The van der Waals surface area contributed by atoms with E-state index in [1.165, 1.54) is 16.2 Å². The van der Waals surface area contributed by atoms with Crippen LogP contribution < -0.4 is 38.2 Å². The first-order chi connectivity index (χ1) is 49.9. The summed E-state index contributed by atoms with van der Waals surface area (Å²) in [6.07, 6.45) is 12.4. The van der Waals surface area contributed by atoms with Crippen molar-refractivity contribution in [3.8, 4) is 34.8 Å². The van der Waals surface area contributed by atoms with E-state index in [1.54, 1.807) is 54.2 Å². The number of aromatic nitrogens is 2. The van der Waals surface area contributed by atoms with E-state index in [4.69, 9.17) is 37.9 Å². The first-order valence-electron chi connectivity index (χ1n) is 35.7. The zero-order chi connectivity index (χ0) is 72.9. The molecule has 0 bridgehead atoms. The molecule has 0 radical (unpaired) electrons. The molecule has 2 aromatic carbocycles. The van der Waals surface area contributed by atoms with Crippen LogP contribution in [0.15, 0.2) is 133 Å². The Morgan fingerprint density at radius 3 is 1.82 bits per heavy atom. The number of unbranched alkanes of at least 4 members (excludes halogenated alkanes) is 2. The minimum Gasteiger partial charge on any atom is -0.489 e. The molecule has 0 unspecified atom stereocenters. The molecule has 4 saturated heterocycles. The van der Waals surface area contributed by atoms with Gasteiger partial charge in [-0.05, 0) is 139 Å². The molecule has 104 heavy (non-hydrogen) atoms. The summed E-state index contributed by atoms with van der Waals surface area (Å²) in [6, 6.07) is 20.6. The number of anilines is 2. The van der Waals surface area contributed by atoms with Crippen LogP contribution in [0.1, 0.15) is 126 Å². The van der Waals surface area contributed by atoms with Crippen molar-refractivity contribution in [1.82, 2.24) is 29.6 Å². The Hall–Kier alpha value is -8.65. The Labute approximate surface area is 618 Å². The van der Waals surface area contributed by atoms with E-state index >= 15 is 9.59 Å². The van der Waals surface area contributed by atoms with Gasteiger partial charge < -0.3 is 67.3 Å². The highest BCUT2D eigenvalue weighted by Gasteiger charge is 2.58. The maximum Gasteiger partial charge on any atom is 0.417 e. The fraction of sp³-hybridized carbons (Fsp3) is 0.494. The minimum absolute atomic E-state index is 0. The third-order valence-electron chi connectivity index (χ3n) is 19.4. The molecule has 4 atom stereocenters. The molecular weight excluding hydrogens is 1370 g/mol. The summed E-state index contributed by atoms with van der Waals surface area (Å²) in [6.45, 7) is 20.5. The van der Waals surface area contributed by atoms with Gasteiger partial charge in [0.05, 0.1) is 55.4 Å². The lowest BCUT2D eigenvalue weighted by Gasteiger charge is -2.50. The number of nitrogens with zero attached hydrogens (tertiary/aromatic N) is 8. The lowest BCUT2D eigenvalue weighted by molar-refractivity contribution is -0.159. The first-order valence-corrected chi connectivity index (χ1v) is 37.5. The summed E-state index contributed by atoms with van der Waals surface area (Å²) in [5, 5.41) is 3.77. The van der Waals surface area contributed by atoms with E-state index in [0.717, 1.165) is 64.0 Å². The van der Waals surface area contributed by atoms with Crippen LogP contribution >= 0.6 is 22.7 Å². The van der Waals surface area contributed by atoms with Crippen molar-refractivity contribution in [2.75, 3.05) is 129 Å². The SMILES string of the molecule is C.C=CCCCCOc1nccc(C(F)(F)F)c1C(=O)N1CCC[C@@](Oc2csc(C)c2)(C(=O)N2CCN(c3ccccc3OCCOC)CC2)[C@H]1CC=C.COCCOc1ccccc1N1CCN(C(=O)[C@]2(Oc3csc(C)c3)CCCN3C(=O)c4c(C)ccnc4OCCCC/C=C/C[C@@H]32)CC1. The van der Waals surface area contributed by atoms with Crippen LogP contribution in [0.25, 0.3) is 0 Å². The van der Waals surface area contributed by atoms with Crippen LogP contribution in [0.3, 0.4) is 0 Å². The average molecular weight is 1480 g/mol. The summed E-state index contributed by atoms with van der Waals surface area (Å²) in [5.41, 5.74) is -1.56. The number of methoxy groups -OCH3 is 2. The number of thiophene rings is 2. The van der Waals surface area contributed by atoms with Gasteiger partial charge in [0.25, 0.3) is 23.6 Å². The smallest absolute Gasteiger partial charge is 0.417 e. The van der Waals surface area contributed by atoms with Crippen molar-refractivity contribution in [2.45, 2.75) is 135 Å².